The number of carbonyl (C=O) groups is 4. The van der Waals surface area contributed by atoms with Gasteiger partial charge in [0.15, 0.2) is 5.82 Å². The summed E-state index contributed by atoms with van der Waals surface area (Å²) >= 11 is 18.9. The molecule has 15 heteroatoms. The number of para-hydroxylation sites is 2. The molecule has 12 nitrogen and oxygen atoms in total. The van der Waals surface area contributed by atoms with Gasteiger partial charge < -0.3 is 0 Å². The monoisotopic (exact) mass is 884 g/mol. The number of halogens is 3. The van der Waals surface area contributed by atoms with E-state index < -0.39 is 12.1 Å². The Morgan fingerprint density at radius 1 is 0.581 bits per heavy atom. The second-order valence-electron chi connectivity index (χ2n) is 14.4. The molecule has 2 aliphatic heterocycles. The number of benzene rings is 4. The number of carbonyl (C=O) groups excluding carboxylic acids is 4. The van der Waals surface area contributed by atoms with E-state index in [1.165, 1.54) is 9.80 Å². The number of pyridine rings is 2. The maximum absolute atomic E-state index is 13.0. The van der Waals surface area contributed by atoms with Crippen molar-refractivity contribution < 1.29 is 19.2 Å². The first kappa shape index (κ1) is 43.4. The molecule has 2 atom stereocenters. The lowest BCUT2D eigenvalue weighted by molar-refractivity contribution is 0.0579. The van der Waals surface area contributed by atoms with E-state index >= 15 is 0 Å². The topological polar surface area (TPSA) is 147 Å². The van der Waals surface area contributed by atoms with Crippen LogP contribution in [0.3, 0.4) is 0 Å². The van der Waals surface area contributed by atoms with Crippen molar-refractivity contribution >= 4 is 80.2 Å². The highest BCUT2D eigenvalue weighted by Gasteiger charge is 2.41. The van der Waals surface area contributed by atoms with Crippen LogP contribution >= 0.6 is 34.8 Å². The zero-order valence-corrected chi connectivity index (χ0v) is 35.4. The van der Waals surface area contributed by atoms with Crippen LogP contribution in [0.25, 0.3) is 27.6 Å². The SMILES string of the molecule is C.C[C@@H](c1cc2cccc(Cl)c2nc1Cl)N1C(=O)c2ccccc2C1=O.Cc1ccn(-c2nc3c(Cl)cccc3cc2[C@H](C)N2C(=O)c3ccccc3C2=O)n1.Cc1ccn[nH]1. The largest absolute Gasteiger partial charge is 0.283 e. The first-order chi connectivity index (χ1) is 29.3. The van der Waals surface area contributed by atoms with Crippen molar-refractivity contribution in [3.63, 3.8) is 0 Å². The van der Waals surface area contributed by atoms with Crippen LogP contribution in [0, 0.1) is 13.8 Å². The zero-order valence-electron chi connectivity index (χ0n) is 33.1. The summed E-state index contributed by atoms with van der Waals surface area (Å²) in [4.78, 5) is 63.0. The average molecular weight is 886 g/mol. The van der Waals surface area contributed by atoms with Gasteiger partial charge in [0.25, 0.3) is 23.6 Å². The summed E-state index contributed by atoms with van der Waals surface area (Å²) in [6.07, 6.45) is 3.54. The van der Waals surface area contributed by atoms with Crippen LogP contribution in [-0.4, -0.2) is 63.4 Å². The summed E-state index contributed by atoms with van der Waals surface area (Å²) in [5, 5.41) is 13.8. The van der Waals surface area contributed by atoms with Gasteiger partial charge in [0.2, 0.25) is 0 Å². The van der Waals surface area contributed by atoms with Gasteiger partial charge in [-0.25, -0.2) is 14.6 Å². The van der Waals surface area contributed by atoms with Gasteiger partial charge in [-0.15, -0.1) is 0 Å². The number of aryl methyl sites for hydroxylation is 2. The van der Waals surface area contributed by atoms with Crippen molar-refractivity contribution in [3.8, 4) is 5.82 Å². The van der Waals surface area contributed by atoms with Crippen molar-refractivity contribution in [1.82, 2.24) is 39.7 Å². The quantitative estimate of drug-likeness (QED) is 0.133. The van der Waals surface area contributed by atoms with Gasteiger partial charge in [0.05, 0.1) is 61.1 Å². The molecular formula is C47H39Cl3N8O4. The number of imide groups is 2. The first-order valence-corrected chi connectivity index (χ1v) is 20.2. The fraction of sp³-hybridized carbons (Fsp3) is 0.149. The van der Waals surface area contributed by atoms with Crippen LogP contribution in [-0.2, 0) is 0 Å². The Morgan fingerprint density at radius 2 is 1.05 bits per heavy atom. The highest BCUT2D eigenvalue weighted by atomic mass is 35.5. The molecule has 62 heavy (non-hydrogen) atoms. The molecule has 0 bridgehead atoms. The number of hydrogen-bond acceptors (Lipinski definition) is 8. The van der Waals surface area contributed by atoms with Crippen molar-refractivity contribution in [2.75, 3.05) is 0 Å². The zero-order chi connectivity index (χ0) is 43.1. The van der Waals surface area contributed by atoms with E-state index in [1.54, 1.807) is 84.7 Å². The summed E-state index contributed by atoms with van der Waals surface area (Å²) in [5.41, 5.74) is 6.14. The lowest BCUT2D eigenvalue weighted by Gasteiger charge is -2.25. The van der Waals surface area contributed by atoms with Crippen molar-refractivity contribution in [2.45, 2.75) is 47.2 Å². The van der Waals surface area contributed by atoms with E-state index in [0.717, 1.165) is 22.2 Å². The van der Waals surface area contributed by atoms with Gasteiger partial charge in [0.1, 0.15) is 5.15 Å². The summed E-state index contributed by atoms with van der Waals surface area (Å²) in [6, 6.07) is 31.1. The normalized spacial score (nSPS) is 13.9. The van der Waals surface area contributed by atoms with Gasteiger partial charge in [-0.05, 0) is 88.4 Å². The molecule has 8 aromatic rings. The molecule has 0 saturated heterocycles. The second kappa shape index (κ2) is 17.7. The van der Waals surface area contributed by atoms with Crippen molar-refractivity contribution in [2.24, 2.45) is 0 Å². The van der Waals surface area contributed by atoms with Crippen LogP contribution < -0.4 is 0 Å². The molecule has 4 aromatic heterocycles. The fourth-order valence-electron chi connectivity index (χ4n) is 7.37. The average Bonchev–Trinajstić information content (AvgIpc) is 4.04. The lowest BCUT2D eigenvalue weighted by atomic mass is 10.0. The fourth-order valence-corrected chi connectivity index (χ4v) is 8.11. The van der Waals surface area contributed by atoms with E-state index in [-0.39, 0.29) is 36.2 Å². The van der Waals surface area contributed by atoms with Crippen LogP contribution in [0.2, 0.25) is 15.2 Å². The molecule has 1 N–H and O–H groups in total. The van der Waals surface area contributed by atoms with Crippen molar-refractivity contribution in [3.05, 3.63) is 182 Å². The minimum atomic E-state index is -0.548. The van der Waals surface area contributed by atoms with E-state index in [4.69, 9.17) is 39.8 Å². The maximum atomic E-state index is 13.0. The molecule has 0 fully saturated rings. The number of amides is 4. The number of aromatic nitrogens is 6. The molecular weight excluding hydrogens is 847 g/mol. The minimum Gasteiger partial charge on any atom is -0.283 e. The summed E-state index contributed by atoms with van der Waals surface area (Å²) < 4.78 is 1.65. The molecule has 0 spiro atoms. The van der Waals surface area contributed by atoms with Gasteiger partial charge in [0, 0.05) is 40.0 Å². The Bertz CT molecular complexity index is 2970. The van der Waals surface area contributed by atoms with Crippen LogP contribution in [0.5, 0.6) is 0 Å². The van der Waals surface area contributed by atoms with Crippen LogP contribution in [0.1, 0.15) is 97.3 Å². The molecule has 0 saturated carbocycles. The van der Waals surface area contributed by atoms with E-state index in [1.807, 2.05) is 69.3 Å². The van der Waals surface area contributed by atoms with Gasteiger partial charge in [-0.3, -0.25) is 34.1 Å². The molecule has 0 unspecified atom stereocenters. The van der Waals surface area contributed by atoms with Crippen molar-refractivity contribution in [1.29, 1.82) is 0 Å². The highest BCUT2D eigenvalue weighted by Crippen LogP contribution is 2.37. The van der Waals surface area contributed by atoms with E-state index in [0.29, 0.717) is 60.3 Å². The Labute approximate surface area is 372 Å². The molecule has 10 rings (SSSR count). The summed E-state index contributed by atoms with van der Waals surface area (Å²) in [7, 11) is 0. The standard InChI is InChI=1S/C23H17ClN4O2.C19H12Cl2N2O2.C4H6N2.CH4/c1-13-10-11-27(26-13)21-18(12-15-6-5-9-19(24)20(15)25-21)14(2)28-22(29)16-7-3-4-8-17(16)23(28)30;1-10(23-18(24)12-6-2-3-7-13(12)19(23)25)14-9-11-5-4-8-15(20)16(11)22-17(14)21;1-4-2-3-5-6-4;/h3-12,14H,1-2H3;2-10H,1H3;2-3H,1H3,(H,5,6);1H4/t14-;10-;;/m00../s1. The number of rotatable bonds is 5. The highest BCUT2D eigenvalue weighted by molar-refractivity contribution is 6.36. The third kappa shape index (κ3) is 7.95. The van der Waals surface area contributed by atoms with Gasteiger partial charge in [-0.1, -0.05) is 90.8 Å². The number of aromatic amines is 1. The third-order valence-electron chi connectivity index (χ3n) is 10.5. The Hall–Kier alpha value is -6.73. The van der Waals surface area contributed by atoms with Gasteiger partial charge in [-0.2, -0.15) is 10.2 Å². The third-order valence-corrected chi connectivity index (χ3v) is 11.4. The van der Waals surface area contributed by atoms with Crippen LogP contribution in [0.15, 0.2) is 122 Å². The Kier molecular flexibility index (Phi) is 12.4. The Balaban J connectivity index is 0.000000164. The van der Waals surface area contributed by atoms with Crippen LogP contribution in [0.4, 0.5) is 0 Å². The molecule has 4 amide bonds. The van der Waals surface area contributed by atoms with E-state index in [9.17, 15) is 19.2 Å². The van der Waals surface area contributed by atoms with E-state index in [2.05, 4.69) is 20.3 Å². The number of fused-ring (bicyclic) bond motifs is 4. The molecule has 312 valence electrons. The Morgan fingerprint density at radius 3 is 1.47 bits per heavy atom. The first-order valence-electron chi connectivity index (χ1n) is 19.1. The smallest absolute Gasteiger partial charge is 0.262 e. The molecule has 0 aliphatic carbocycles. The number of H-pyrrole nitrogens is 1. The number of nitrogens with one attached hydrogen (secondary N) is 1. The summed E-state index contributed by atoms with van der Waals surface area (Å²) in [5.74, 6) is -0.729. The lowest BCUT2D eigenvalue weighted by Crippen LogP contribution is -2.33. The minimum absolute atomic E-state index is 0. The number of hydrogen-bond donors (Lipinski definition) is 1. The molecule has 0 radical (unpaired) electrons. The predicted octanol–water partition coefficient (Wildman–Crippen LogP) is 11.0. The van der Waals surface area contributed by atoms with Gasteiger partial charge >= 0.3 is 0 Å². The second-order valence-corrected chi connectivity index (χ2v) is 15.6. The predicted molar refractivity (Wildman–Crippen MR) is 241 cm³/mol. The summed E-state index contributed by atoms with van der Waals surface area (Å²) in [6.45, 7) is 7.45. The molecule has 2 aliphatic rings. The number of nitrogens with zero attached hydrogens (tertiary/aromatic N) is 7. The maximum Gasteiger partial charge on any atom is 0.262 e. The molecule has 6 heterocycles. The molecule has 4 aromatic carbocycles.